The van der Waals surface area contributed by atoms with E-state index < -0.39 is 17.3 Å². The van der Waals surface area contributed by atoms with Crippen molar-refractivity contribution < 1.29 is 19.4 Å². The summed E-state index contributed by atoms with van der Waals surface area (Å²) >= 11 is 0. The fourth-order valence-electron chi connectivity index (χ4n) is 2.68. The fraction of sp³-hybridized carbons (Fsp3) is 0.500. The summed E-state index contributed by atoms with van der Waals surface area (Å²) in [6.07, 6.45) is 3.83. The van der Waals surface area contributed by atoms with Crippen molar-refractivity contribution in [1.82, 2.24) is 0 Å². The van der Waals surface area contributed by atoms with Gasteiger partial charge in [-0.25, -0.2) is 9.18 Å². The fourth-order valence-corrected chi connectivity index (χ4v) is 2.68. The molecule has 1 aliphatic rings. The van der Waals surface area contributed by atoms with E-state index in [9.17, 15) is 14.3 Å². The predicted molar refractivity (Wildman–Crippen MR) is 74.5 cm³/mol. The van der Waals surface area contributed by atoms with Crippen molar-refractivity contribution in [2.75, 3.05) is 23.8 Å². The van der Waals surface area contributed by atoms with E-state index in [1.54, 1.807) is 0 Å². The number of anilines is 2. The molecule has 2 rings (SSSR count). The summed E-state index contributed by atoms with van der Waals surface area (Å²) in [5.41, 5.74) is 6.14. The molecule has 1 aromatic carbocycles. The van der Waals surface area contributed by atoms with Crippen molar-refractivity contribution in [3.63, 3.8) is 0 Å². The number of benzene rings is 1. The topological polar surface area (TPSA) is 86.8 Å². The highest BCUT2D eigenvalue weighted by Gasteiger charge is 2.24. The van der Waals surface area contributed by atoms with Gasteiger partial charge in [0.1, 0.15) is 5.82 Å². The Morgan fingerprint density at radius 2 is 2.15 bits per heavy atom. The van der Waals surface area contributed by atoms with Gasteiger partial charge in [0, 0.05) is 12.6 Å². The van der Waals surface area contributed by atoms with E-state index in [2.05, 4.69) is 0 Å². The number of carboxylic acids is 1. The Bertz CT molecular complexity index is 507. The third kappa shape index (κ3) is 2.85. The zero-order valence-corrected chi connectivity index (χ0v) is 11.2. The van der Waals surface area contributed by atoms with Gasteiger partial charge in [-0.05, 0) is 18.9 Å². The van der Waals surface area contributed by atoms with Crippen molar-refractivity contribution in [2.45, 2.75) is 31.7 Å². The van der Waals surface area contributed by atoms with Crippen molar-refractivity contribution in [1.29, 1.82) is 0 Å². The Morgan fingerprint density at radius 3 is 2.80 bits per heavy atom. The third-order valence-electron chi connectivity index (χ3n) is 3.74. The molecule has 5 nitrogen and oxygen atoms in total. The highest BCUT2D eigenvalue weighted by atomic mass is 19.1. The van der Waals surface area contributed by atoms with Crippen LogP contribution in [0, 0.1) is 5.82 Å². The number of nitrogen functional groups attached to an aromatic ring is 1. The number of halogens is 1. The lowest BCUT2D eigenvalue weighted by molar-refractivity contribution is 0.0692. The first-order valence-electron chi connectivity index (χ1n) is 6.74. The first-order chi connectivity index (χ1) is 9.54. The predicted octanol–water partition coefficient (Wildman–Crippen LogP) is 1.85. The number of rotatable bonds is 3. The molecule has 4 N–H and O–H groups in total. The van der Waals surface area contributed by atoms with Gasteiger partial charge in [-0.15, -0.1) is 0 Å². The molecule has 1 saturated heterocycles. The lowest BCUT2D eigenvalue weighted by atomic mass is 10.1. The zero-order chi connectivity index (χ0) is 14.7. The number of aliphatic hydroxyl groups excluding tert-OH is 1. The number of aliphatic hydroxyl groups is 1. The summed E-state index contributed by atoms with van der Waals surface area (Å²) in [5, 5.41) is 18.4. The maximum Gasteiger partial charge on any atom is 0.338 e. The SMILES string of the molecule is Nc1cc(C(=O)O)c(F)cc1N1CCCCCC1CO. The van der Waals surface area contributed by atoms with Crippen LogP contribution in [0.5, 0.6) is 0 Å². The minimum atomic E-state index is -1.34. The van der Waals surface area contributed by atoms with Crippen LogP contribution in [0.4, 0.5) is 15.8 Å². The molecule has 0 saturated carbocycles. The minimum absolute atomic E-state index is 0.0261. The molecule has 20 heavy (non-hydrogen) atoms. The van der Waals surface area contributed by atoms with Gasteiger partial charge in [-0.1, -0.05) is 12.8 Å². The Hall–Kier alpha value is -1.82. The van der Waals surface area contributed by atoms with Gasteiger partial charge in [0.05, 0.1) is 29.6 Å². The zero-order valence-electron chi connectivity index (χ0n) is 11.2. The van der Waals surface area contributed by atoms with Crippen molar-refractivity contribution in [3.8, 4) is 0 Å². The van der Waals surface area contributed by atoms with Gasteiger partial charge in [-0.3, -0.25) is 0 Å². The molecule has 0 aromatic heterocycles. The standard InChI is InChI=1S/C14H19FN2O3/c15-11-7-13(12(16)6-10(11)14(19)20)17-5-3-1-2-4-9(17)8-18/h6-7,9,18H,1-5,8,16H2,(H,19,20). The second-order valence-electron chi connectivity index (χ2n) is 5.08. The Kier molecular flexibility index (Phi) is 4.44. The van der Waals surface area contributed by atoms with Crippen LogP contribution in [0.3, 0.4) is 0 Å². The summed E-state index contributed by atoms with van der Waals surface area (Å²) in [5.74, 6) is -2.14. The van der Waals surface area contributed by atoms with E-state index in [0.717, 1.165) is 37.8 Å². The van der Waals surface area contributed by atoms with Crippen LogP contribution in [0.15, 0.2) is 12.1 Å². The van der Waals surface area contributed by atoms with E-state index in [-0.39, 0.29) is 18.3 Å². The molecule has 0 aliphatic carbocycles. The number of hydrogen-bond donors (Lipinski definition) is 3. The lowest BCUT2D eigenvalue weighted by Crippen LogP contribution is -2.38. The van der Waals surface area contributed by atoms with Crippen LogP contribution < -0.4 is 10.6 Å². The Labute approximate surface area is 116 Å². The van der Waals surface area contributed by atoms with Crippen LogP contribution >= 0.6 is 0 Å². The largest absolute Gasteiger partial charge is 0.478 e. The maximum absolute atomic E-state index is 13.8. The number of carboxylic acid groups (broad SMARTS) is 1. The highest BCUT2D eigenvalue weighted by Crippen LogP contribution is 2.31. The Morgan fingerprint density at radius 1 is 1.40 bits per heavy atom. The molecule has 110 valence electrons. The molecule has 0 bridgehead atoms. The molecule has 1 fully saturated rings. The summed E-state index contributed by atoms with van der Waals surface area (Å²) in [6.45, 7) is 0.656. The van der Waals surface area contributed by atoms with Gasteiger partial charge < -0.3 is 20.8 Å². The first kappa shape index (κ1) is 14.6. The quantitative estimate of drug-likeness (QED) is 0.736. The third-order valence-corrected chi connectivity index (χ3v) is 3.74. The summed E-state index contributed by atoms with van der Waals surface area (Å²) in [7, 11) is 0. The number of carbonyl (C=O) groups is 1. The van der Waals surface area contributed by atoms with E-state index in [4.69, 9.17) is 10.8 Å². The van der Waals surface area contributed by atoms with Gasteiger partial charge in [0.2, 0.25) is 0 Å². The molecule has 1 heterocycles. The normalized spacial score (nSPS) is 19.7. The summed E-state index contributed by atoms with van der Waals surface area (Å²) < 4.78 is 13.8. The number of nitrogens with zero attached hydrogens (tertiary/aromatic N) is 1. The van der Waals surface area contributed by atoms with Crippen molar-refractivity contribution in [3.05, 3.63) is 23.5 Å². The smallest absolute Gasteiger partial charge is 0.338 e. The lowest BCUT2D eigenvalue weighted by Gasteiger charge is -2.32. The van der Waals surface area contributed by atoms with Crippen LogP contribution in [-0.2, 0) is 0 Å². The summed E-state index contributed by atoms with van der Waals surface area (Å²) in [4.78, 5) is 12.8. The number of aromatic carboxylic acids is 1. The average Bonchev–Trinajstić information content (AvgIpc) is 2.65. The van der Waals surface area contributed by atoms with Crippen LogP contribution in [0.25, 0.3) is 0 Å². The van der Waals surface area contributed by atoms with E-state index in [1.165, 1.54) is 0 Å². The van der Waals surface area contributed by atoms with Gasteiger partial charge in [0.15, 0.2) is 0 Å². The van der Waals surface area contributed by atoms with Crippen molar-refractivity contribution in [2.24, 2.45) is 0 Å². The molecule has 0 radical (unpaired) electrons. The second-order valence-corrected chi connectivity index (χ2v) is 5.08. The van der Waals surface area contributed by atoms with Crippen LogP contribution in [0.1, 0.15) is 36.0 Å². The van der Waals surface area contributed by atoms with Gasteiger partial charge in [0.25, 0.3) is 0 Å². The molecule has 1 atom stereocenters. The molecule has 1 unspecified atom stereocenters. The number of nitrogens with two attached hydrogens (primary N) is 1. The molecule has 1 aromatic rings. The molecule has 6 heteroatoms. The van der Waals surface area contributed by atoms with Gasteiger partial charge >= 0.3 is 5.97 Å². The second kappa shape index (κ2) is 6.09. The van der Waals surface area contributed by atoms with Gasteiger partial charge in [-0.2, -0.15) is 0 Å². The molecular weight excluding hydrogens is 263 g/mol. The molecule has 0 amide bonds. The summed E-state index contributed by atoms with van der Waals surface area (Å²) in [6, 6.07) is 2.20. The van der Waals surface area contributed by atoms with E-state index in [0.29, 0.717) is 12.2 Å². The van der Waals surface area contributed by atoms with E-state index in [1.807, 2.05) is 4.90 Å². The van der Waals surface area contributed by atoms with Crippen molar-refractivity contribution >= 4 is 17.3 Å². The minimum Gasteiger partial charge on any atom is -0.478 e. The highest BCUT2D eigenvalue weighted by molar-refractivity contribution is 5.91. The maximum atomic E-state index is 13.8. The first-order valence-corrected chi connectivity index (χ1v) is 6.74. The monoisotopic (exact) mass is 282 g/mol. The molecule has 0 spiro atoms. The van der Waals surface area contributed by atoms with Crippen LogP contribution in [-0.4, -0.2) is 35.4 Å². The van der Waals surface area contributed by atoms with E-state index >= 15 is 0 Å². The number of hydrogen-bond acceptors (Lipinski definition) is 4. The Balaban J connectivity index is 2.40. The average molecular weight is 282 g/mol. The molecule has 1 aliphatic heterocycles. The van der Waals surface area contributed by atoms with Crippen LogP contribution in [0.2, 0.25) is 0 Å². The molecular formula is C14H19FN2O3.